The second-order valence-electron chi connectivity index (χ2n) is 16.2. The van der Waals surface area contributed by atoms with Crippen molar-refractivity contribution >= 4 is 79.9 Å². The third kappa shape index (κ3) is 13.4. The van der Waals surface area contributed by atoms with Crippen molar-refractivity contribution in [2.45, 2.75) is 81.1 Å². The van der Waals surface area contributed by atoms with Crippen molar-refractivity contribution in [3.05, 3.63) is 155 Å². The van der Waals surface area contributed by atoms with Crippen molar-refractivity contribution in [3.8, 4) is 23.7 Å². The maximum atomic E-state index is 3.52. The smallest absolute Gasteiger partial charge is 0.0810 e. The topological polar surface area (TPSA) is 6.48 Å². The Balaban J connectivity index is 0.00000299. The zero-order chi connectivity index (χ0) is 42.9. The summed E-state index contributed by atoms with van der Waals surface area (Å²) in [6.45, 7) is 22.2. The average Bonchev–Trinajstić information content (AvgIpc) is 3.88. The van der Waals surface area contributed by atoms with Gasteiger partial charge in [-0.2, -0.15) is 0 Å². The fourth-order valence-electron chi connectivity index (χ4n) is 7.98. The standard InChI is InChI=1S/C57H59N2S2.3Y/c1-9-33-58(34-10-2)50-23-13-44(14-24-50)19-29-54-40(5)42(7)56(60-54)31-21-46-17-27-52-48(37-46)39-49-38-47(18-28-53(49)52)22-32-57-43(8)41(6)55(61-57)30-20-45-15-25-51(26-16-45)59(35-11-3)36-12-4;;;/h13-20,23-30,37-39H,9-12,33-36H2,1-8H3;;;/q-1;;;/b29-19+,30-20+;;;. The number of anilines is 2. The molecule has 0 fully saturated rings. The molecule has 3 radical (unpaired) electrons. The summed E-state index contributed by atoms with van der Waals surface area (Å²) in [5.74, 6) is 14.0. The molecule has 0 unspecified atom stereocenters. The van der Waals surface area contributed by atoms with Gasteiger partial charge in [0.2, 0.25) is 0 Å². The van der Waals surface area contributed by atoms with Crippen LogP contribution in [0.4, 0.5) is 11.4 Å². The van der Waals surface area contributed by atoms with Crippen LogP contribution in [0.25, 0.3) is 45.8 Å². The van der Waals surface area contributed by atoms with E-state index >= 15 is 0 Å². The van der Waals surface area contributed by atoms with Crippen LogP contribution in [0.3, 0.4) is 0 Å². The molecule has 7 rings (SSSR count). The van der Waals surface area contributed by atoms with E-state index in [-0.39, 0.29) is 98.1 Å². The monoisotopic (exact) mass is 1100 g/mol. The molecule has 0 saturated heterocycles. The minimum Gasteiger partial charge on any atom is -0.372 e. The maximum absolute atomic E-state index is 3.52. The van der Waals surface area contributed by atoms with Crippen LogP contribution < -0.4 is 9.80 Å². The molecule has 2 heterocycles. The van der Waals surface area contributed by atoms with Crippen molar-refractivity contribution < 1.29 is 98.1 Å². The van der Waals surface area contributed by atoms with Gasteiger partial charge in [0, 0.05) is 145 Å². The van der Waals surface area contributed by atoms with Crippen molar-refractivity contribution in [3.63, 3.8) is 0 Å². The minimum atomic E-state index is 0. The summed E-state index contributed by atoms with van der Waals surface area (Å²) in [4.78, 5) is 9.75. The normalized spacial score (nSPS) is 10.9. The molecule has 7 heteroatoms. The van der Waals surface area contributed by atoms with Crippen LogP contribution in [0, 0.1) is 51.4 Å². The third-order valence-corrected chi connectivity index (χ3v) is 14.2. The zero-order valence-electron chi connectivity index (χ0n) is 39.1. The molecule has 7 aromatic rings. The first-order chi connectivity index (χ1) is 29.7. The number of nitrogens with zero attached hydrogens (tertiary/aromatic N) is 2. The molecule has 0 spiro atoms. The van der Waals surface area contributed by atoms with E-state index in [2.05, 4.69) is 204 Å². The number of hydrogen-bond donors (Lipinski definition) is 0. The molecule has 0 bridgehead atoms. The summed E-state index contributed by atoms with van der Waals surface area (Å²) in [5, 5.41) is 4.93. The molecule has 0 amide bonds. The quantitative estimate of drug-likeness (QED) is 0.0791. The van der Waals surface area contributed by atoms with Gasteiger partial charge in [0.05, 0.1) is 9.75 Å². The van der Waals surface area contributed by atoms with Crippen molar-refractivity contribution in [2.24, 2.45) is 0 Å². The number of thiophene rings is 2. The molecule has 0 atom stereocenters. The molecule has 64 heavy (non-hydrogen) atoms. The Labute approximate surface area is 467 Å². The number of rotatable bonds is 14. The van der Waals surface area contributed by atoms with E-state index in [9.17, 15) is 0 Å². The Morgan fingerprint density at radius 3 is 1.16 bits per heavy atom. The van der Waals surface area contributed by atoms with E-state index in [1.807, 2.05) is 0 Å². The Kier molecular flexibility index (Phi) is 22.3. The van der Waals surface area contributed by atoms with Crippen molar-refractivity contribution in [1.82, 2.24) is 0 Å². The molecular formula is C57H59N2S2Y3-. The van der Waals surface area contributed by atoms with Crippen LogP contribution in [0.15, 0.2) is 91.0 Å². The van der Waals surface area contributed by atoms with Crippen molar-refractivity contribution in [2.75, 3.05) is 36.0 Å². The summed E-state index contributed by atoms with van der Waals surface area (Å²) in [5.41, 5.74) is 12.2. The summed E-state index contributed by atoms with van der Waals surface area (Å²) in [6, 6.07) is 33.4. The van der Waals surface area contributed by atoms with Gasteiger partial charge in [-0.1, -0.05) is 112 Å². The molecule has 2 nitrogen and oxygen atoms in total. The number of hydrogen-bond acceptors (Lipinski definition) is 4. The predicted octanol–water partition coefficient (Wildman–Crippen LogP) is 15.5. The first kappa shape index (κ1) is 54.3. The zero-order valence-corrected chi connectivity index (χ0v) is 49.2. The van der Waals surface area contributed by atoms with Gasteiger partial charge < -0.3 is 9.80 Å². The average molecular weight is 1100 g/mol. The van der Waals surface area contributed by atoms with Gasteiger partial charge >= 0.3 is 0 Å². The molecule has 0 N–H and O–H groups in total. The largest absolute Gasteiger partial charge is 0.372 e. The Morgan fingerprint density at radius 1 is 0.453 bits per heavy atom. The fourth-order valence-corrected chi connectivity index (χ4v) is 10.1. The summed E-state index contributed by atoms with van der Waals surface area (Å²) in [7, 11) is 0. The Bertz CT molecular complexity index is 2610. The van der Waals surface area contributed by atoms with Crippen LogP contribution >= 0.6 is 22.7 Å². The molecule has 0 saturated carbocycles. The van der Waals surface area contributed by atoms with Crippen LogP contribution in [0.1, 0.15) is 117 Å². The van der Waals surface area contributed by atoms with Gasteiger partial charge in [0.1, 0.15) is 0 Å². The fraction of sp³-hybridized carbons (Fsp3) is 0.281. The van der Waals surface area contributed by atoms with Gasteiger partial charge in [-0.05, 0) is 134 Å². The van der Waals surface area contributed by atoms with Crippen LogP contribution in [0.5, 0.6) is 0 Å². The van der Waals surface area contributed by atoms with Crippen molar-refractivity contribution in [1.29, 1.82) is 0 Å². The first-order valence-corrected chi connectivity index (χ1v) is 23.8. The second-order valence-corrected chi connectivity index (χ2v) is 18.3. The van der Waals surface area contributed by atoms with Crippen LogP contribution in [-0.2, 0) is 98.1 Å². The number of benzene rings is 4. The summed E-state index contributed by atoms with van der Waals surface area (Å²) < 4.78 is 0. The molecule has 5 aromatic carbocycles. The molecule has 0 aliphatic rings. The predicted molar refractivity (Wildman–Crippen MR) is 273 cm³/mol. The number of fused-ring (bicyclic) bond motifs is 3. The van der Waals surface area contributed by atoms with Crippen LogP contribution in [-0.4, -0.2) is 26.2 Å². The summed E-state index contributed by atoms with van der Waals surface area (Å²) in [6.07, 6.45) is 13.6. The van der Waals surface area contributed by atoms with Gasteiger partial charge in [0.25, 0.3) is 0 Å². The van der Waals surface area contributed by atoms with Crippen LogP contribution in [0.2, 0.25) is 0 Å². The molecule has 0 aliphatic carbocycles. The molecular weight excluding hydrogens is 1040 g/mol. The first-order valence-electron chi connectivity index (χ1n) is 22.1. The summed E-state index contributed by atoms with van der Waals surface area (Å²) >= 11 is 3.56. The third-order valence-electron chi connectivity index (χ3n) is 11.7. The van der Waals surface area contributed by atoms with E-state index in [0.29, 0.717) is 0 Å². The Hall–Kier alpha value is -2.34. The van der Waals surface area contributed by atoms with Gasteiger partial charge in [0.15, 0.2) is 0 Å². The molecule has 319 valence electrons. The maximum Gasteiger partial charge on any atom is 0.0810 e. The second kappa shape index (κ2) is 26.3. The SMILES string of the molecule is CCCN(CCC)c1ccc(/C=C/c2sc(C#Cc3ccc4c(c3)[cH-]c3cc(C#Cc5sc(/C=C/c6ccc(N(CCC)CCC)cc6)c(C)c5C)ccc34)c(C)c2C)cc1.[Y].[Y].[Y]. The van der Waals surface area contributed by atoms with Gasteiger partial charge in [-0.15, -0.1) is 62.4 Å². The van der Waals surface area contributed by atoms with E-state index in [0.717, 1.165) is 72.7 Å². The van der Waals surface area contributed by atoms with E-state index in [1.54, 1.807) is 22.7 Å². The minimum absolute atomic E-state index is 0. The van der Waals surface area contributed by atoms with E-state index < -0.39 is 0 Å². The van der Waals surface area contributed by atoms with Gasteiger partial charge in [-0.3, -0.25) is 0 Å². The molecule has 0 aliphatic heterocycles. The molecule has 2 aromatic heterocycles. The Morgan fingerprint density at radius 2 is 0.812 bits per heavy atom. The van der Waals surface area contributed by atoms with E-state index in [1.165, 1.54) is 76.1 Å². The van der Waals surface area contributed by atoms with Gasteiger partial charge in [-0.25, -0.2) is 0 Å². The van der Waals surface area contributed by atoms with E-state index in [4.69, 9.17) is 0 Å².